The number of rotatable bonds is 6. The molecule has 1 saturated carbocycles. The number of nitrogens with zero attached hydrogens (tertiary/aromatic N) is 2. The summed E-state index contributed by atoms with van der Waals surface area (Å²) in [5.74, 6) is 0.0336. The van der Waals surface area contributed by atoms with E-state index in [9.17, 15) is 4.79 Å². The highest BCUT2D eigenvalue weighted by atomic mass is 16.5. The molecule has 162 valence electrons. The molecule has 2 fully saturated rings. The summed E-state index contributed by atoms with van der Waals surface area (Å²) in [5.41, 5.74) is 5.62. The van der Waals surface area contributed by atoms with E-state index in [0.29, 0.717) is 12.6 Å². The summed E-state index contributed by atoms with van der Waals surface area (Å²) in [6.45, 7) is 9.24. The van der Waals surface area contributed by atoms with Crippen LogP contribution in [0.4, 0.5) is 0 Å². The third-order valence-corrected chi connectivity index (χ3v) is 6.72. The Morgan fingerprint density at radius 3 is 2.50 bits per heavy atom. The van der Waals surface area contributed by atoms with Crippen molar-refractivity contribution in [2.75, 3.05) is 26.3 Å². The number of carbonyl (C=O) groups is 1. The van der Waals surface area contributed by atoms with E-state index in [2.05, 4.69) is 59.0 Å². The topological polar surface area (TPSA) is 46.5 Å². The second-order valence-electron chi connectivity index (χ2n) is 8.79. The number of aryl methyl sites for hydroxylation is 1. The van der Waals surface area contributed by atoms with Gasteiger partial charge in [0.1, 0.15) is 0 Å². The average Bonchev–Trinajstić information content (AvgIpc) is 3.08. The molecule has 1 N–H and O–H groups in total. The molecule has 5 heteroatoms. The number of aromatic nitrogens is 1. The van der Waals surface area contributed by atoms with Crippen molar-refractivity contribution >= 4 is 5.91 Å². The third kappa shape index (κ3) is 4.79. The number of carbonyl (C=O) groups excluding carboxylic acids is 1. The van der Waals surface area contributed by atoms with Gasteiger partial charge in [-0.3, -0.25) is 9.69 Å². The lowest BCUT2D eigenvalue weighted by Gasteiger charge is -2.27. The molecule has 0 bridgehead atoms. The fourth-order valence-electron chi connectivity index (χ4n) is 5.06. The maximum atomic E-state index is 13.0. The lowest BCUT2D eigenvalue weighted by Crippen LogP contribution is -2.36. The summed E-state index contributed by atoms with van der Waals surface area (Å²) in [6.07, 6.45) is 6.39. The zero-order chi connectivity index (χ0) is 20.9. The second kappa shape index (κ2) is 9.80. The minimum Gasteiger partial charge on any atom is -0.379 e. The van der Waals surface area contributed by atoms with Gasteiger partial charge in [-0.2, -0.15) is 0 Å². The maximum absolute atomic E-state index is 13.0. The van der Waals surface area contributed by atoms with E-state index in [1.165, 1.54) is 48.9 Å². The van der Waals surface area contributed by atoms with Gasteiger partial charge in [0.15, 0.2) is 0 Å². The van der Waals surface area contributed by atoms with Crippen LogP contribution in [0.3, 0.4) is 0 Å². The van der Waals surface area contributed by atoms with Crippen LogP contribution in [0.5, 0.6) is 0 Å². The highest BCUT2D eigenvalue weighted by Crippen LogP contribution is 2.32. The first-order chi connectivity index (χ1) is 14.6. The lowest BCUT2D eigenvalue weighted by molar-refractivity contribution is 0.0340. The number of amides is 1. The lowest BCUT2D eigenvalue weighted by atomic mass is 9.95. The fourth-order valence-corrected chi connectivity index (χ4v) is 5.06. The van der Waals surface area contributed by atoms with Crippen LogP contribution >= 0.6 is 0 Å². The van der Waals surface area contributed by atoms with Crippen molar-refractivity contribution in [3.8, 4) is 0 Å². The largest absolute Gasteiger partial charge is 0.379 e. The Labute approximate surface area is 180 Å². The average molecular weight is 410 g/mol. The Morgan fingerprint density at radius 1 is 1.07 bits per heavy atom. The van der Waals surface area contributed by atoms with Crippen molar-refractivity contribution in [1.82, 2.24) is 14.8 Å². The molecule has 0 atom stereocenters. The van der Waals surface area contributed by atoms with Gasteiger partial charge in [0.05, 0.1) is 18.8 Å². The standard InChI is InChI=1S/C25H35N3O2/c1-19-16-24(20(2)28(19)23-10-4-3-5-11-23)25(29)26-17-21-8-6-7-9-22(21)18-27-12-14-30-15-13-27/h6-9,16,23H,3-5,10-15,17-18H2,1-2H3,(H,26,29). The molecule has 1 amide bonds. The third-order valence-electron chi connectivity index (χ3n) is 6.72. The minimum absolute atomic E-state index is 0.0336. The minimum atomic E-state index is 0.0336. The molecule has 2 aromatic rings. The molecule has 0 radical (unpaired) electrons. The van der Waals surface area contributed by atoms with E-state index in [-0.39, 0.29) is 5.91 Å². The quantitative estimate of drug-likeness (QED) is 0.771. The van der Waals surface area contributed by atoms with Crippen LogP contribution in [0.15, 0.2) is 30.3 Å². The summed E-state index contributed by atoms with van der Waals surface area (Å²) in [5, 5.41) is 3.18. The van der Waals surface area contributed by atoms with Crippen molar-refractivity contribution in [2.45, 2.75) is 65.1 Å². The van der Waals surface area contributed by atoms with E-state index in [4.69, 9.17) is 4.74 Å². The molecule has 2 heterocycles. The van der Waals surface area contributed by atoms with Crippen LogP contribution in [0, 0.1) is 13.8 Å². The molecule has 4 rings (SSSR count). The molecule has 30 heavy (non-hydrogen) atoms. The van der Waals surface area contributed by atoms with Crippen molar-refractivity contribution in [3.05, 3.63) is 58.4 Å². The Kier molecular flexibility index (Phi) is 6.90. The second-order valence-corrected chi connectivity index (χ2v) is 8.79. The van der Waals surface area contributed by atoms with Gasteiger partial charge >= 0.3 is 0 Å². The van der Waals surface area contributed by atoms with Crippen LogP contribution in [0.2, 0.25) is 0 Å². The van der Waals surface area contributed by atoms with Gasteiger partial charge in [0.2, 0.25) is 0 Å². The monoisotopic (exact) mass is 409 g/mol. The van der Waals surface area contributed by atoms with Crippen molar-refractivity contribution in [2.24, 2.45) is 0 Å². The number of hydrogen-bond donors (Lipinski definition) is 1. The van der Waals surface area contributed by atoms with Gasteiger partial charge in [-0.1, -0.05) is 43.5 Å². The Morgan fingerprint density at radius 2 is 1.77 bits per heavy atom. The zero-order valence-corrected chi connectivity index (χ0v) is 18.5. The van der Waals surface area contributed by atoms with Crippen molar-refractivity contribution in [3.63, 3.8) is 0 Å². The molecule has 5 nitrogen and oxygen atoms in total. The zero-order valence-electron chi connectivity index (χ0n) is 18.5. The van der Waals surface area contributed by atoms with Gasteiger partial charge in [-0.15, -0.1) is 0 Å². The predicted octanol–water partition coefficient (Wildman–Crippen LogP) is 4.37. The number of benzene rings is 1. The normalized spacial score (nSPS) is 18.5. The van der Waals surface area contributed by atoms with Crippen molar-refractivity contribution in [1.29, 1.82) is 0 Å². The Balaban J connectivity index is 1.43. The van der Waals surface area contributed by atoms with Crippen LogP contribution in [0.1, 0.15) is 71.0 Å². The Bertz CT molecular complexity index is 861. The van der Waals surface area contributed by atoms with Crippen molar-refractivity contribution < 1.29 is 9.53 Å². The molecule has 2 aliphatic rings. The summed E-state index contributed by atoms with van der Waals surface area (Å²) >= 11 is 0. The molecule has 1 aromatic heterocycles. The molecule has 0 unspecified atom stereocenters. The fraction of sp³-hybridized carbons (Fsp3) is 0.560. The SMILES string of the molecule is Cc1cc(C(=O)NCc2ccccc2CN2CCOCC2)c(C)n1C1CCCCC1. The summed E-state index contributed by atoms with van der Waals surface area (Å²) < 4.78 is 7.86. The number of nitrogens with one attached hydrogen (secondary N) is 1. The molecular weight excluding hydrogens is 374 g/mol. The van der Waals surface area contributed by atoms with E-state index in [0.717, 1.165) is 44.1 Å². The van der Waals surface area contributed by atoms with Crippen LogP contribution in [-0.2, 0) is 17.8 Å². The van der Waals surface area contributed by atoms with Gasteiger partial charge in [-0.25, -0.2) is 0 Å². The maximum Gasteiger partial charge on any atom is 0.253 e. The highest BCUT2D eigenvalue weighted by molar-refractivity contribution is 5.95. The van der Waals surface area contributed by atoms with E-state index in [1.54, 1.807) is 0 Å². The summed E-state index contributed by atoms with van der Waals surface area (Å²) in [6, 6.07) is 11.1. The molecule has 0 spiro atoms. The molecule has 1 aromatic carbocycles. The smallest absolute Gasteiger partial charge is 0.253 e. The van der Waals surface area contributed by atoms with Gasteiger partial charge in [-0.05, 0) is 43.9 Å². The van der Waals surface area contributed by atoms with Gasteiger partial charge in [0, 0.05) is 43.6 Å². The first kappa shape index (κ1) is 21.1. The number of morpholine rings is 1. The highest BCUT2D eigenvalue weighted by Gasteiger charge is 2.22. The summed E-state index contributed by atoms with van der Waals surface area (Å²) in [7, 11) is 0. The Hall–Kier alpha value is -2.11. The number of hydrogen-bond acceptors (Lipinski definition) is 3. The van der Waals surface area contributed by atoms with Crippen LogP contribution < -0.4 is 5.32 Å². The van der Waals surface area contributed by atoms with Gasteiger partial charge < -0.3 is 14.6 Å². The van der Waals surface area contributed by atoms with E-state index >= 15 is 0 Å². The van der Waals surface area contributed by atoms with E-state index in [1.807, 2.05) is 0 Å². The van der Waals surface area contributed by atoms with Crippen LogP contribution in [-0.4, -0.2) is 41.7 Å². The van der Waals surface area contributed by atoms with Gasteiger partial charge in [0.25, 0.3) is 5.91 Å². The molecular formula is C25H35N3O2. The molecule has 1 aliphatic carbocycles. The first-order valence-corrected chi connectivity index (χ1v) is 11.5. The van der Waals surface area contributed by atoms with E-state index < -0.39 is 0 Å². The molecule has 1 aliphatic heterocycles. The summed E-state index contributed by atoms with van der Waals surface area (Å²) in [4.78, 5) is 15.5. The first-order valence-electron chi connectivity index (χ1n) is 11.5. The predicted molar refractivity (Wildman–Crippen MR) is 120 cm³/mol. The molecule has 1 saturated heterocycles. The van der Waals surface area contributed by atoms with Crippen LogP contribution in [0.25, 0.3) is 0 Å². The number of ether oxygens (including phenoxy) is 1.